The monoisotopic (exact) mass is 291 g/mol. The average Bonchev–Trinajstić information content (AvgIpc) is 2.42. The Morgan fingerprint density at radius 3 is 2.70 bits per heavy atom. The van der Waals surface area contributed by atoms with Crippen LogP contribution in [0.4, 0.5) is 11.5 Å². The van der Waals surface area contributed by atoms with Crippen LogP contribution in [0.2, 0.25) is 5.28 Å². The van der Waals surface area contributed by atoms with Crippen LogP contribution in [0.5, 0.6) is 0 Å². The van der Waals surface area contributed by atoms with E-state index in [0.29, 0.717) is 5.82 Å². The van der Waals surface area contributed by atoms with Gasteiger partial charge in [0.25, 0.3) is 0 Å². The minimum absolute atomic E-state index is 0.0626. The first kappa shape index (κ1) is 14.3. The quantitative estimate of drug-likeness (QED) is 0.691. The van der Waals surface area contributed by atoms with Gasteiger partial charge in [-0.05, 0) is 37.6 Å². The van der Waals surface area contributed by atoms with E-state index in [1.807, 2.05) is 31.2 Å². The van der Waals surface area contributed by atoms with Gasteiger partial charge in [0, 0.05) is 11.9 Å². The zero-order valence-corrected chi connectivity index (χ0v) is 11.9. The Balaban J connectivity index is 2.31. The Hall–Kier alpha value is -2.14. The SMILES string of the molecule is CCOC(=O)c1cnc(Cl)nc1Nc1ccc(C)cc1. The van der Waals surface area contributed by atoms with Crippen molar-refractivity contribution in [2.75, 3.05) is 11.9 Å². The van der Waals surface area contributed by atoms with Crippen LogP contribution in [0.3, 0.4) is 0 Å². The molecule has 1 aromatic heterocycles. The Bertz CT molecular complexity index is 614. The first-order valence-electron chi connectivity index (χ1n) is 6.13. The number of anilines is 2. The topological polar surface area (TPSA) is 64.1 Å². The molecule has 0 unspecified atom stereocenters. The van der Waals surface area contributed by atoms with Gasteiger partial charge in [-0.2, -0.15) is 4.98 Å². The van der Waals surface area contributed by atoms with Crippen molar-refractivity contribution < 1.29 is 9.53 Å². The van der Waals surface area contributed by atoms with Gasteiger partial charge in [0.1, 0.15) is 11.4 Å². The van der Waals surface area contributed by atoms with Gasteiger partial charge in [-0.25, -0.2) is 9.78 Å². The number of esters is 1. The Kier molecular flexibility index (Phi) is 4.53. The number of hydrogen-bond donors (Lipinski definition) is 1. The highest BCUT2D eigenvalue weighted by Gasteiger charge is 2.15. The molecule has 0 radical (unpaired) electrons. The summed E-state index contributed by atoms with van der Waals surface area (Å²) >= 11 is 5.78. The molecule has 0 aliphatic carbocycles. The molecule has 104 valence electrons. The highest BCUT2D eigenvalue weighted by molar-refractivity contribution is 6.28. The second kappa shape index (κ2) is 6.34. The number of aryl methyl sites for hydroxylation is 1. The Morgan fingerprint density at radius 2 is 2.05 bits per heavy atom. The first-order valence-corrected chi connectivity index (χ1v) is 6.51. The molecule has 0 aliphatic rings. The highest BCUT2D eigenvalue weighted by Crippen LogP contribution is 2.21. The molecule has 0 saturated heterocycles. The van der Waals surface area contributed by atoms with E-state index in [0.717, 1.165) is 11.3 Å². The summed E-state index contributed by atoms with van der Waals surface area (Å²) in [6, 6.07) is 7.69. The summed E-state index contributed by atoms with van der Waals surface area (Å²) in [7, 11) is 0. The Morgan fingerprint density at radius 1 is 1.35 bits per heavy atom. The largest absolute Gasteiger partial charge is 0.462 e. The number of carbonyl (C=O) groups excluding carboxylic acids is 1. The van der Waals surface area contributed by atoms with Crippen molar-refractivity contribution in [3.8, 4) is 0 Å². The number of aromatic nitrogens is 2. The van der Waals surface area contributed by atoms with E-state index in [2.05, 4.69) is 15.3 Å². The minimum atomic E-state index is -0.487. The van der Waals surface area contributed by atoms with Crippen LogP contribution >= 0.6 is 11.6 Å². The van der Waals surface area contributed by atoms with Gasteiger partial charge in [0.2, 0.25) is 5.28 Å². The fourth-order valence-corrected chi connectivity index (χ4v) is 1.72. The molecule has 1 heterocycles. The second-order valence-corrected chi connectivity index (χ2v) is 4.45. The molecule has 1 N–H and O–H groups in total. The summed E-state index contributed by atoms with van der Waals surface area (Å²) in [5.41, 5.74) is 2.19. The number of benzene rings is 1. The highest BCUT2D eigenvalue weighted by atomic mass is 35.5. The third kappa shape index (κ3) is 3.45. The standard InChI is InChI=1S/C14H14ClN3O2/c1-3-20-13(19)11-8-16-14(15)18-12(11)17-10-6-4-9(2)5-7-10/h4-8H,3H2,1-2H3,(H,16,17,18). The predicted molar refractivity (Wildman–Crippen MR) is 77.5 cm³/mol. The number of nitrogens with one attached hydrogen (secondary N) is 1. The lowest BCUT2D eigenvalue weighted by atomic mass is 10.2. The van der Waals surface area contributed by atoms with Crippen molar-refractivity contribution >= 4 is 29.1 Å². The van der Waals surface area contributed by atoms with Crippen molar-refractivity contribution in [1.29, 1.82) is 0 Å². The zero-order chi connectivity index (χ0) is 14.5. The maximum absolute atomic E-state index is 11.8. The van der Waals surface area contributed by atoms with E-state index in [4.69, 9.17) is 16.3 Å². The molecule has 20 heavy (non-hydrogen) atoms. The van der Waals surface area contributed by atoms with Crippen LogP contribution in [-0.4, -0.2) is 22.5 Å². The number of hydrogen-bond acceptors (Lipinski definition) is 5. The molecule has 2 aromatic rings. The van der Waals surface area contributed by atoms with E-state index in [1.165, 1.54) is 6.20 Å². The molecular weight excluding hydrogens is 278 g/mol. The lowest BCUT2D eigenvalue weighted by Gasteiger charge is -2.10. The van der Waals surface area contributed by atoms with Crippen molar-refractivity contribution in [2.24, 2.45) is 0 Å². The van der Waals surface area contributed by atoms with Crippen LogP contribution in [0.1, 0.15) is 22.8 Å². The van der Waals surface area contributed by atoms with Gasteiger partial charge in [-0.1, -0.05) is 17.7 Å². The Labute approximate surface area is 122 Å². The average molecular weight is 292 g/mol. The van der Waals surface area contributed by atoms with Crippen LogP contribution < -0.4 is 5.32 Å². The molecule has 0 atom stereocenters. The number of rotatable bonds is 4. The van der Waals surface area contributed by atoms with Gasteiger partial charge < -0.3 is 10.1 Å². The third-order valence-electron chi connectivity index (χ3n) is 2.57. The molecule has 0 bridgehead atoms. The van der Waals surface area contributed by atoms with Gasteiger partial charge in [0.15, 0.2) is 0 Å². The molecule has 1 aromatic carbocycles. The van der Waals surface area contributed by atoms with Crippen molar-refractivity contribution in [2.45, 2.75) is 13.8 Å². The van der Waals surface area contributed by atoms with E-state index in [1.54, 1.807) is 6.92 Å². The third-order valence-corrected chi connectivity index (χ3v) is 2.75. The van der Waals surface area contributed by atoms with E-state index in [9.17, 15) is 4.79 Å². The summed E-state index contributed by atoms with van der Waals surface area (Å²) in [5.74, 6) is -0.161. The summed E-state index contributed by atoms with van der Waals surface area (Å²) < 4.78 is 4.96. The van der Waals surface area contributed by atoms with Gasteiger partial charge >= 0.3 is 5.97 Å². The van der Waals surface area contributed by atoms with E-state index in [-0.39, 0.29) is 17.5 Å². The van der Waals surface area contributed by atoms with Crippen LogP contribution in [0.25, 0.3) is 0 Å². The summed E-state index contributed by atoms with van der Waals surface area (Å²) in [5, 5.41) is 3.11. The van der Waals surface area contributed by atoms with Crippen LogP contribution in [0.15, 0.2) is 30.5 Å². The van der Waals surface area contributed by atoms with Crippen molar-refractivity contribution in [1.82, 2.24) is 9.97 Å². The van der Waals surface area contributed by atoms with Crippen LogP contribution in [-0.2, 0) is 4.74 Å². The zero-order valence-electron chi connectivity index (χ0n) is 11.2. The van der Waals surface area contributed by atoms with Crippen molar-refractivity contribution in [3.05, 3.63) is 46.9 Å². The smallest absolute Gasteiger partial charge is 0.343 e. The molecule has 0 saturated carbocycles. The fraction of sp³-hybridized carbons (Fsp3) is 0.214. The molecule has 0 fully saturated rings. The lowest BCUT2D eigenvalue weighted by Crippen LogP contribution is -2.10. The van der Waals surface area contributed by atoms with Crippen molar-refractivity contribution in [3.63, 3.8) is 0 Å². The lowest BCUT2D eigenvalue weighted by molar-refractivity contribution is 0.0526. The minimum Gasteiger partial charge on any atom is -0.462 e. The molecule has 2 rings (SSSR count). The maximum Gasteiger partial charge on any atom is 0.343 e. The maximum atomic E-state index is 11.8. The van der Waals surface area contributed by atoms with Gasteiger partial charge in [0.05, 0.1) is 6.61 Å². The number of ether oxygens (including phenoxy) is 1. The molecule has 0 aliphatic heterocycles. The fourth-order valence-electron chi connectivity index (χ4n) is 1.59. The second-order valence-electron chi connectivity index (χ2n) is 4.11. The molecule has 5 nitrogen and oxygen atoms in total. The predicted octanol–water partition coefficient (Wildman–Crippen LogP) is 3.36. The molecule has 0 spiro atoms. The molecule has 0 amide bonds. The van der Waals surface area contributed by atoms with Crippen LogP contribution in [0, 0.1) is 6.92 Å². The normalized spacial score (nSPS) is 10.2. The summed E-state index contributed by atoms with van der Waals surface area (Å²) in [4.78, 5) is 19.7. The van der Waals surface area contributed by atoms with E-state index < -0.39 is 5.97 Å². The molecule has 6 heteroatoms. The number of nitrogens with zero attached hydrogens (tertiary/aromatic N) is 2. The number of halogens is 1. The summed E-state index contributed by atoms with van der Waals surface area (Å²) in [6.45, 7) is 4.02. The van der Waals surface area contributed by atoms with E-state index >= 15 is 0 Å². The van der Waals surface area contributed by atoms with Gasteiger partial charge in [-0.15, -0.1) is 0 Å². The number of carbonyl (C=O) groups is 1. The first-order chi connectivity index (χ1) is 9.60. The summed E-state index contributed by atoms with van der Waals surface area (Å²) in [6.07, 6.45) is 1.35. The van der Waals surface area contributed by atoms with Gasteiger partial charge in [-0.3, -0.25) is 0 Å². The molecular formula is C14H14ClN3O2.